The molecule has 9 heteroatoms. The Morgan fingerprint density at radius 3 is 2.41 bits per heavy atom. The summed E-state index contributed by atoms with van der Waals surface area (Å²) in [5, 5.41) is 11.3. The minimum absolute atomic E-state index is 0.0346. The van der Waals surface area contributed by atoms with Crippen LogP contribution in [0.2, 0.25) is 5.02 Å². The number of carboxylic acids is 1. The number of aliphatic carboxylic acids is 1. The highest BCUT2D eigenvalue weighted by Crippen LogP contribution is 2.49. The van der Waals surface area contributed by atoms with E-state index in [1.165, 1.54) is 6.07 Å². The van der Waals surface area contributed by atoms with E-state index in [4.69, 9.17) is 21.7 Å². The average Bonchev–Trinajstić information content (AvgIpc) is 3.15. The number of amides is 2. The molecule has 39 heavy (non-hydrogen) atoms. The summed E-state index contributed by atoms with van der Waals surface area (Å²) in [6.07, 6.45) is 2.96. The van der Waals surface area contributed by atoms with Crippen LogP contribution in [0.15, 0.2) is 47.5 Å². The van der Waals surface area contributed by atoms with Crippen LogP contribution in [-0.2, 0) is 9.59 Å². The smallest absolute Gasteiger partial charge is 0.305 e. The van der Waals surface area contributed by atoms with Crippen molar-refractivity contribution in [1.29, 1.82) is 0 Å². The summed E-state index contributed by atoms with van der Waals surface area (Å²) in [5.74, 6) is -1.87. The van der Waals surface area contributed by atoms with Gasteiger partial charge in [0.25, 0.3) is 11.8 Å². The monoisotopic (exact) mass is 555 g/mol. The number of carboxylic acid groups (broad SMARTS) is 1. The molecule has 0 unspecified atom stereocenters. The zero-order valence-corrected chi connectivity index (χ0v) is 23.5. The Hall–Kier alpha value is -3.26. The molecule has 1 atom stereocenters. The zero-order chi connectivity index (χ0) is 28.5. The number of carbonyl (C=O) groups excluding carboxylic acids is 2. The van der Waals surface area contributed by atoms with E-state index in [-0.39, 0.29) is 46.5 Å². The molecule has 7 nitrogen and oxygen atoms in total. The first kappa shape index (κ1) is 28.7. The average molecular weight is 556 g/mol. The second-order valence-corrected chi connectivity index (χ2v) is 12.0. The molecule has 1 heterocycles. The van der Waals surface area contributed by atoms with Gasteiger partial charge in [-0.15, -0.1) is 0 Å². The van der Waals surface area contributed by atoms with Crippen LogP contribution in [0.25, 0.3) is 0 Å². The third-order valence-electron chi connectivity index (χ3n) is 8.07. The summed E-state index contributed by atoms with van der Waals surface area (Å²) >= 11 is 6.05. The molecule has 208 valence electrons. The maximum Gasteiger partial charge on any atom is 0.305 e. The van der Waals surface area contributed by atoms with Crippen LogP contribution in [0.4, 0.5) is 4.39 Å². The Bertz CT molecular complexity index is 1290. The van der Waals surface area contributed by atoms with Gasteiger partial charge in [0.15, 0.2) is 5.82 Å². The molecule has 2 aromatic rings. The Morgan fingerprint density at radius 1 is 1.18 bits per heavy atom. The van der Waals surface area contributed by atoms with Crippen molar-refractivity contribution in [3.05, 3.63) is 70.0 Å². The summed E-state index contributed by atoms with van der Waals surface area (Å²) in [6, 6.07) is 11.1. The molecular weight excluding hydrogens is 521 g/mol. The second kappa shape index (κ2) is 11.1. The van der Waals surface area contributed by atoms with Crippen LogP contribution in [-0.4, -0.2) is 45.7 Å². The van der Waals surface area contributed by atoms with Gasteiger partial charge in [-0.1, -0.05) is 50.6 Å². The molecule has 4 rings (SSSR count). The SMILES string of the molecule is C[C@H](c1ccc(C(=O)NCCC(=O)O)cc1)N1C(=O)C(c2cccc(Cl)c2F)=NC12CCC(C(C)(C)C)CC2. The summed E-state index contributed by atoms with van der Waals surface area (Å²) in [4.78, 5) is 43.8. The summed E-state index contributed by atoms with van der Waals surface area (Å²) in [6.45, 7) is 8.64. The van der Waals surface area contributed by atoms with Crippen molar-refractivity contribution in [2.75, 3.05) is 6.54 Å². The van der Waals surface area contributed by atoms with Crippen LogP contribution in [0.1, 0.15) is 87.3 Å². The first-order chi connectivity index (χ1) is 18.3. The van der Waals surface area contributed by atoms with Gasteiger partial charge in [0.2, 0.25) is 0 Å². The van der Waals surface area contributed by atoms with Crippen molar-refractivity contribution in [2.45, 2.75) is 71.5 Å². The van der Waals surface area contributed by atoms with Gasteiger partial charge in [-0.3, -0.25) is 19.4 Å². The summed E-state index contributed by atoms with van der Waals surface area (Å²) in [5.41, 5.74) is 0.731. The molecule has 2 N–H and O–H groups in total. The molecule has 1 aliphatic carbocycles. The number of halogens is 2. The first-order valence-corrected chi connectivity index (χ1v) is 13.7. The molecule has 2 amide bonds. The lowest BCUT2D eigenvalue weighted by molar-refractivity contribution is -0.137. The number of hydrogen-bond donors (Lipinski definition) is 2. The van der Waals surface area contributed by atoms with Gasteiger partial charge in [0, 0.05) is 17.7 Å². The molecule has 0 aromatic heterocycles. The first-order valence-electron chi connectivity index (χ1n) is 13.3. The van der Waals surface area contributed by atoms with Crippen LogP contribution in [0.5, 0.6) is 0 Å². The lowest BCUT2D eigenvalue weighted by Crippen LogP contribution is -2.50. The van der Waals surface area contributed by atoms with Gasteiger partial charge in [0.05, 0.1) is 17.5 Å². The largest absolute Gasteiger partial charge is 0.481 e. The minimum Gasteiger partial charge on any atom is -0.481 e. The van der Waals surface area contributed by atoms with Crippen molar-refractivity contribution in [1.82, 2.24) is 10.2 Å². The Balaban J connectivity index is 1.64. The maximum absolute atomic E-state index is 15.1. The van der Waals surface area contributed by atoms with E-state index in [0.717, 1.165) is 18.4 Å². The van der Waals surface area contributed by atoms with Crippen molar-refractivity contribution in [3.8, 4) is 0 Å². The molecule has 2 aromatic carbocycles. The number of aliphatic imine (C=N–C) groups is 1. The van der Waals surface area contributed by atoms with Gasteiger partial charge in [-0.2, -0.15) is 0 Å². The molecule has 1 fully saturated rings. The van der Waals surface area contributed by atoms with Crippen LogP contribution in [0.3, 0.4) is 0 Å². The molecule has 2 aliphatic rings. The molecule has 1 aliphatic heterocycles. The normalized spacial score (nSPS) is 22.1. The number of hydrogen-bond acceptors (Lipinski definition) is 4. The van der Waals surface area contributed by atoms with Crippen LogP contribution >= 0.6 is 11.6 Å². The van der Waals surface area contributed by atoms with Gasteiger partial charge in [0.1, 0.15) is 11.4 Å². The summed E-state index contributed by atoms with van der Waals surface area (Å²) < 4.78 is 15.1. The van der Waals surface area contributed by atoms with Crippen molar-refractivity contribution < 1.29 is 23.9 Å². The van der Waals surface area contributed by atoms with Gasteiger partial charge >= 0.3 is 5.97 Å². The predicted octanol–water partition coefficient (Wildman–Crippen LogP) is 6.01. The van der Waals surface area contributed by atoms with Crippen molar-refractivity contribution >= 4 is 35.1 Å². The van der Waals surface area contributed by atoms with E-state index < -0.39 is 23.5 Å². The second-order valence-electron chi connectivity index (χ2n) is 11.6. The topological polar surface area (TPSA) is 99.1 Å². The number of rotatable bonds is 7. The maximum atomic E-state index is 15.1. The molecule has 0 saturated heterocycles. The molecular formula is C30H35ClFN3O4. The van der Waals surface area contributed by atoms with Crippen molar-refractivity contribution in [3.63, 3.8) is 0 Å². The summed E-state index contributed by atoms with van der Waals surface area (Å²) in [7, 11) is 0. The third kappa shape index (κ3) is 5.86. The number of nitrogens with zero attached hydrogens (tertiary/aromatic N) is 2. The fourth-order valence-corrected chi connectivity index (χ4v) is 5.93. The van der Waals surface area contributed by atoms with Crippen LogP contribution < -0.4 is 5.32 Å². The lowest BCUT2D eigenvalue weighted by atomic mass is 9.69. The highest BCUT2D eigenvalue weighted by atomic mass is 35.5. The van der Waals surface area contributed by atoms with E-state index in [1.807, 2.05) is 6.92 Å². The van der Waals surface area contributed by atoms with Crippen LogP contribution in [0, 0.1) is 17.2 Å². The number of nitrogens with one attached hydrogen (secondary N) is 1. The van der Waals surface area contributed by atoms with E-state index in [9.17, 15) is 14.4 Å². The molecule has 0 radical (unpaired) electrons. The van der Waals surface area contributed by atoms with E-state index >= 15 is 4.39 Å². The Kier molecular flexibility index (Phi) is 8.17. The Labute approximate surface area is 233 Å². The fraction of sp³-hybridized carbons (Fsp3) is 0.467. The van der Waals surface area contributed by atoms with E-state index in [0.29, 0.717) is 24.3 Å². The Morgan fingerprint density at radius 2 is 1.82 bits per heavy atom. The molecule has 1 spiro atoms. The molecule has 0 bridgehead atoms. The lowest BCUT2D eigenvalue weighted by Gasteiger charge is -2.46. The highest BCUT2D eigenvalue weighted by molar-refractivity contribution is 6.47. The van der Waals surface area contributed by atoms with E-state index in [2.05, 4.69) is 26.1 Å². The van der Waals surface area contributed by atoms with Gasteiger partial charge in [-0.25, -0.2) is 4.39 Å². The van der Waals surface area contributed by atoms with E-state index in [1.54, 1.807) is 41.3 Å². The number of benzene rings is 2. The van der Waals surface area contributed by atoms with Crippen molar-refractivity contribution in [2.24, 2.45) is 16.3 Å². The zero-order valence-electron chi connectivity index (χ0n) is 22.8. The highest BCUT2D eigenvalue weighted by Gasteiger charge is 2.52. The fourth-order valence-electron chi connectivity index (χ4n) is 5.76. The van der Waals surface area contributed by atoms with Gasteiger partial charge in [-0.05, 0) is 73.8 Å². The van der Waals surface area contributed by atoms with Gasteiger partial charge < -0.3 is 15.3 Å². The molecule has 1 saturated carbocycles. The number of carbonyl (C=O) groups is 3. The quantitative estimate of drug-likeness (QED) is 0.437. The predicted molar refractivity (Wildman–Crippen MR) is 148 cm³/mol. The minimum atomic E-state index is -0.987. The standard InChI is InChI=1S/C30H35ClFN3O4/c1-18(19-8-10-20(11-9-19)27(38)33-17-14-24(36)37)35-28(39)26(22-6-5-7-23(31)25(22)32)34-30(35)15-12-21(13-16-30)29(2,3)4/h5-11,18,21H,12-17H2,1-4H3,(H,33,38)(H,36,37)/t18-,21?,30?/m1/s1. The third-order valence-corrected chi connectivity index (χ3v) is 8.37.